The zero-order chi connectivity index (χ0) is 17.1. The number of benzene rings is 1. The van der Waals surface area contributed by atoms with Gasteiger partial charge in [0.1, 0.15) is 10.2 Å². The number of halogens is 1. The Kier molecular flexibility index (Phi) is 4.73. The Morgan fingerprint density at radius 3 is 2.71 bits per heavy atom. The first-order valence-corrected chi connectivity index (χ1v) is 8.58. The van der Waals surface area contributed by atoms with Crippen molar-refractivity contribution in [3.63, 3.8) is 0 Å². The highest BCUT2D eigenvalue weighted by Crippen LogP contribution is 2.32. The maximum atomic E-state index is 5.93. The molecule has 122 valence electrons. The highest BCUT2D eigenvalue weighted by atomic mass is 35.5. The molecule has 0 saturated carbocycles. The summed E-state index contributed by atoms with van der Waals surface area (Å²) in [5, 5.41) is 10.5. The van der Waals surface area contributed by atoms with Crippen molar-refractivity contribution in [3.8, 4) is 21.8 Å². The van der Waals surface area contributed by atoms with Crippen molar-refractivity contribution in [2.24, 2.45) is 0 Å². The Balaban J connectivity index is 0.000000815. The van der Waals surface area contributed by atoms with Crippen LogP contribution in [0.25, 0.3) is 32.7 Å². The molecule has 4 rings (SSSR count). The topological polar surface area (TPSA) is 93.4 Å². The summed E-state index contributed by atoms with van der Waals surface area (Å²) in [4.78, 5) is 11.6. The molecule has 0 fully saturated rings. The molecule has 24 heavy (non-hydrogen) atoms. The monoisotopic (exact) mass is 358 g/mol. The van der Waals surface area contributed by atoms with Gasteiger partial charge >= 0.3 is 0 Å². The molecule has 0 bridgehead atoms. The van der Waals surface area contributed by atoms with Gasteiger partial charge in [-0.3, -0.25) is 4.98 Å². The highest BCUT2D eigenvalue weighted by Gasteiger charge is 2.11. The minimum absolute atomic E-state index is 0.361. The molecule has 6 nitrogen and oxygen atoms in total. The Labute approximate surface area is 147 Å². The van der Waals surface area contributed by atoms with E-state index >= 15 is 0 Å². The second-order valence-electron chi connectivity index (χ2n) is 4.64. The second kappa shape index (κ2) is 6.94. The van der Waals surface area contributed by atoms with E-state index in [9.17, 15) is 0 Å². The Morgan fingerprint density at radius 1 is 1.17 bits per heavy atom. The number of anilines is 1. The number of hydrogen-bond donors (Lipinski definition) is 2. The molecule has 3 aromatic heterocycles. The zero-order valence-electron chi connectivity index (χ0n) is 13.1. The molecular formula is C16H15ClN6S. The SMILES string of the molecule is CC.Nc1nnc(-c2ccc3[nH]cc(-c4cncc(Cl)n4)c3c2)s1. The summed E-state index contributed by atoms with van der Waals surface area (Å²) < 4.78 is 0. The van der Waals surface area contributed by atoms with Crippen LogP contribution in [-0.4, -0.2) is 25.1 Å². The number of nitrogens with zero attached hydrogens (tertiary/aromatic N) is 4. The van der Waals surface area contributed by atoms with Crippen molar-refractivity contribution in [1.82, 2.24) is 25.1 Å². The molecule has 0 atom stereocenters. The molecule has 0 amide bonds. The largest absolute Gasteiger partial charge is 0.374 e. The van der Waals surface area contributed by atoms with E-state index in [-0.39, 0.29) is 0 Å². The molecule has 3 heterocycles. The average molecular weight is 359 g/mol. The van der Waals surface area contributed by atoms with Crippen molar-refractivity contribution in [2.75, 3.05) is 5.73 Å². The second-order valence-corrected chi connectivity index (χ2v) is 6.03. The van der Waals surface area contributed by atoms with Crippen molar-refractivity contribution in [2.45, 2.75) is 13.8 Å². The number of hydrogen-bond acceptors (Lipinski definition) is 6. The lowest BCUT2D eigenvalue weighted by Crippen LogP contribution is -1.85. The fourth-order valence-corrected chi connectivity index (χ4v) is 3.04. The third-order valence-electron chi connectivity index (χ3n) is 3.25. The molecular weight excluding hydrogens is 344 g/mol. The van der Waals surface area contributed by atoms with Crippen LogP contribution in [0.15, 0.2) is 36.8 Å². The number of H-pyrrole nitrogens is 1. The quantitative estimate of drug-likeness (QED) is 0.553. The molecule has 0 aliphatic carbocycles. The summed E-state index contributed by atoms with van der Waals surface area (Å²) in [7, 11) is 0. The van der Waals surface area contributed by atoms with Gasteiger partial charge < -0.3 is 10.7 Å². The summed E-state index contributed by atoms with van der Waals surface area (Å²) in [6, 6.07) is 6.00. The molecule has 4 aromatic rings. The third-order valence-corrected chi connectivity index (χ3v) is 4.23. The van der Waals surface area contributed by atoms with E-state index in [0.717, 1.165) is 27.0 Å². The number of fused-ring (bicyclic) bond motifs is 1. The maximum absolute atomic E-state index is 5.93. The van der Waals surface area contributed by atoms with Crippen LogP contribution in [0.1, 0.15) is 13.8 Å². The van der Waals surface area contributed by atoms with E-state index in [2.05, 4.69) is 25.1 Å². The van der Waals surface area contributed by atoms with E-state index in [1.807, 2.05) is 38.2 Å². The van der Waals surface area contributed by atoms with Gasteiger partial charge in [0.05, 0.1) is 18.1 Å². The molecule has 0 unspecified atom stereocenters. The fourth-order valence-electron chi connectivity index (χ4n) is 2.29. The lowest BCUT2D eigenvalue weighted by molar-refractivity contribution is 1.10. The van der Waals surface area contributed by atoms with Crippen molar-refractivity contribution in [1.29, 1.82) is 0 Å². The van der Waals surface area contributed by atoms with Gasteiger partial charge in [0.2, 0.25) is 5.13 Å². The first-order valence-electron chi connectivity index (χ1n) is 7.39. The van der Waals surface area contributed by atoms with Crippen molar-refractivity contribution in [3.05, 3.63) is 41.9 Å². The fraction of sp³-hybridized carbons (Fsp3) is 0.125. The van der Waals surface area contributed by atoms with E-state index < -0.39 is 0 Å². The molecule has 0 radical (unpaired) electrons. The van der Waals surface area contributed by atoms with Crippen LogP contribution in [0.3, 0.4) is 0 Å². The lowest BCUT2D eigenvalue weighted by Gasteiger charge is -2.00. The standard InChI is InChI=1S/C14H9ClN6S.C2H6/c15-12-6-17-5-11(19-12)9-4-18-10-2-1-7(3-8(9)10)13-20-21-14(16)22-13;1-2/h1-6,18H,(H2,16,21);1-2H3. The van der Waals surface area contributed by atoms with E-state index in [4.69, 9.17) is 17.3 Å². The lowest BCUT2D eigenvalue weighted by atomic mass is 10.1. The van der Waals surface area contributed by atoms with E-state index in [0.29, 0.717) is 16.0 Å². The summed E-state index contributed by atoms with van der Waals surface area (Å²) in [6.07, 6.45) is 5.09. The van der Waals surface area contributed by atoms with Gasteiger partial charge in [0.15, 0.2) is 0 Å². The number of nitrogens with two attached hydrogens (primary N) is 1. The number of aromatic nitrogens is 5. The molecule has 8 heteroatoms. The first-order chi connectivity index (χ1) is 11.7. The first kappa shape index (κ1) is 16.4. The van der Waals surface area contributed by atoms with Crippen LogP contribution >= 0.6 is 22.9 Å². The smallest absolute Gasteiger partial charge is 0.203 e. The van der Waals surface area contributed by atoms with E-state index in [1.165, 1.54) is 17.5 Å². The van der Waals surface area contributed by atoms with Gasteiger partial charge in [-0.2, -0.15) is 0 Å². The van der Waals surface area contributed by atoms with Crippen molar-refractivity contribution < 1.29 is 0 Å². The van der Waals surface area contributed by atoms with E-state index in [1.54, 1.807) is 6.20 Å². The zero-order valence-corrected chi connectivity index (χ0v) is 14.7. The summed E-state index contributed by atoms with van der Waals surface area (Å²) in [5.41, 5.74) is 9.26. The third kappa shape index (κ3) is 3.08. The van der Waals surface area contributed by atoms with Crippen LogP contribution in [0.4, 0.5) is 5.13 Å². The summed E-state index contributed by atoms with van der Waals surface area (Å²) in [5.74, 6) is 0. The molecule has 1 aromatic carbocycles. The molecule has 3 N–H and O–H groups in total. The molecule has 0 spiro atoms. The Bertz CT molecular complexity index is 978. The normalized spacial score (nSPS) is 10.5. The minimum atomic E-state index is 0.361. The van der Waals surface area contributed by atoms with Gasteiger partial charge in [-0.05, 0) is 18.2 Å². The highest BCUT2D eigenvalue weighted by molar-refractivity contribution is 7.18. The van der Waals surface area contributed by atoms with Gasteiger partial charge in [-0.15, -0.1) is 10.2 Å². The Morgan fingerprint density at radius 2 is 2.00 bits per heavy atom. The average Bonchev–Trinajstić information content (AvgIpc) is 3.22. The van der Waals surface area contributed by atoms with Gasteiger partial charge in [0, 0.05) is 28.2 Å². The summed E-state index contributed by atoms with van der Waals surface area (Å²) in [6.45, 7) is 4.00. The number of nitrogens with one attached hydrogen (secondary N) is 1. The number of nitrogen functional groups attached to an aromatic ring is 1. The molecule has 0 saturated heterocycles. The van der Waals surface area contributed by atoms with Crippen LogP contribution in [0, 0.1) is 0 Å². The van der Waals surface area contributed by atoms with Gasteiger partial charge in [0.25, 0.3) is 0 Å². The van der Waals surface area contributed by atoms with Crippen LogP contribution < -0.4 is 5.73 Å². The predicted octanol–water partition coefficient (Wildman–Crippen LogP) is 4.41. The maximum Gasteiger partial charge on any atom is 0.203 e. The van der Waals surface area contributed by atoms with Gasteiger partial charge in [-0.25, -0.2) is 4.98 Å². The minimum Gasteiger partial charge on any atom is -0.374 e. The number of aromatic amines is 1. The number of rotatable bonds is 2. The predicted molar refractivity (Wildman–Crippen MR) is 99.0 cm³/mol. The molecule has 0 aliphatic rings. The van der Waals surface area contributed by atoms with Crippen LogP contribution in [0.5, 0.6) is 0 Å². The van der Waals surface area contributed by atoms with Crippen LogP contribution in [-0.2, 0) is 0 Å². The van der Waals surface area contributed by atoms with Crippen molar-refractivity contribution >= 4 is 39.0 Å². The van der Waals surface area contributed by atoms with Crippen LogP contribution in [0.2, 0.25) is 5.15 Å². The molecule has 0 aliphatic heterocycles. The Hall–Kier alpha value is -2.51. The van der Waals surface area contributed by atoms with Gasteiger partial charge in [-0.1, -0.05) is 36.8 Å². The summed E-state index contributed by atoms with van der Waals surface area (Å²) >= 11 is 7.28.